The molecule has 1 aliphatic heterocycles. The number of ether oxygens (including phenoxy) is 1. The van der Waals surface area contributed by atoms with Crippen molar-refractivity contribution >= 4 is 9.84 Å². The van der Waals surface area contributed by atoms with Crippen molar-refractivity contribution in [3.8, 4) is 5.75 Å². The van der Waals surface area contributed by atoms with Gasteiger partial charge in [0.1, 0.15) is 5.75 Å². The van der Waals surface area contributed by atoms with Crippen molar-refractivity contribution in [2.24, 2.45) is 0 Å². The Balaban J connectivity index is 2.32. The van der Waals surface area contributed by atoms with Crippen molar-refractivity contribution in [2.45, 2.75) is 43.9 Å². The van der Waals surface area contributed by atoms with Crippen molar-refractivity contribution in [1.82, 2.24) is 5.32 Å². The minimum atomic E-state index is -3.04. The van der Waals surface area contributed by atoms with Gasteiger partial charge in [0.15, 0.2) is 9.84 Å². The third-order valence-electron chi connectivity index (χ3n) is 4.03. The number of benzene rings is 1. The van der Waals surface area contributed by atoms with Gasteiger partial charge >= 0.3 is 0 Å². The predicted molar refractivity (Wildman–Crippen MR) is 85.5 cm³/mol. The molecule has 0 bridgehead atoms. The zero-order valence-corrected chi connectivity index (χ0v) is 13.7. The van der Waals surface area contributed by atoms with Crippen molar-refractivity contribution in [3.63, 3.8) is 0 Å². The molecule has 2 unspecified atom stereocenters. The first-order valence-corrected chi connectivity index (χ1v) is 9.42. The smallest absolute Gasteiger partial charge is 0.155 e. The average molecular weight is 311 g/mol. The van der Waals surface area contributed by atoms with Crippen LogP contribution in [-0.4, -0.2) is 33.1 Å². The minimum Gasteiger partial charge on any atom is -0.493 e. The first-order valence-electron chi connectivity index (χ1n) is 7.70. The SMILES string of the molecule is CCCOc1ccccc1C(NC)C1CCCCS1(=O)=O. The maximum absolute atomic E-state index is 12.4. The van der Waals surface area contributed by atoms with Gasteiger partial charge in [-0.1, -0.05) is 31.5 Å². The van der Waals surface area contributed by atoms with Gasteiger partial charge in [-0.3, -0.25) is 0 Å². The lowest BCUT2D eigenvalue weighted by atomic mass is 9.98. The lowest BCUT2D eigenvalue weighted by Crippen LogP contribution is -2.39. The third kappa shape index (κ3) is 3.77. The summed E-state index contributed by atoms with van der Waals surface area (Å²) in [5.41, 5.74) is 0.948. The van der Waals surface area contributed by atoms with E-state index in [0.29, 0.717) is 12.4 Å². The molecule has 5 heteroatoms. The topological polar surface area (TPSA) is 55.4 Å². The minimum absolute atomic E-state index is 0.205. The van der Waals surface area contributed by atoms with E-state index < -0.39 is 9.84 Å². The second kappa shape index (κ2) is 7.27. The summed E-state index contributed by atoms with van der Waals surface area (Å²) in [7, 11) is -1.21. The van der Waals surface area contributed by atoms with Crippen molar-refractivity contribution < 1.29 is 13.2 Å². The summed E-state index contributed by atoms with van der Waals surface area (Å²) in [5.74, 6) is 1.09. The van der Waals surface area contributed by atoms with Crippen molar-refractivity contribution in [1.29, 1.82) is 0 Å². The molecule has 1 aromatic rings. The van der Waals surface area contributed by atoms with Gasteiger partial charge in [-0.25, -0.2) is 8.42 Å². The zero-order valence-electron chi connectivity index (χ0n) is 12.8. The Hall–Kier alpha value is -1.07. The quantitative estimate of drug-likeness (QED) is 0.877. The van der Waals surface area contributed by atoms with Gasteiger partial charge in [-0.05, 0) is 32.4 Å². The number of para-hydroxylation sites is 1. The maximum atomic E-state index is 12.4. The second-order valence-electron chi connectivity index (χ2n) is 5.55. The molecule has 1 heterocycles. The molecule has 2 atom stereocenters. The molecule has 0 spiro atoms. The lowest BCUT2D eigenvalue weighted by Gasteiger charge is -2.31. The van der Waals surface area contributed by atoms with E-state index in [1.54, 1.807) is 0 Å². The van der Waals surface area contributed by atoms with Crippen LogP contribution in [0.1, 0.15) is 44.2 Å². The highest BCUT2D eigenvalue weighted by atomic mass is 32.2. The molecule has 4 nitrogen and oxygen atoms in total. The highest BCUT2D eigenvalue weighted by Gasteiger charge is 2.36. The number of hydrogen-bond acceptors (Lipinski definition) is 4. The molecule has 1 fully saturated rings. The lowest BCUT2D eigenvalue weighted by molar-refractivity contribution is 0.309. The summed E-state index contributed by atoms with van der Waals surface area (Å²) < 4.78 is 30.6. The van der Waals surface area contributed by atoms with Gasteiger partial charge in [0.2, 0.25) is 0 Å². The van der Waals surface area contributed by atoms with Gasteiger partial charge in [-0.15, -0.1) is 0 Å². The van der Waals surface area contributed by atoms with E-state index in [2.05, 4.69) is 12.2 Å². The number of hydrogen-bond donors (Lipinski definition) is 1. The van der Waals surface area contributed by atoms with Crippen molar-refractivity contribution in [3.05, 3.63) is 29.8 Å². The highest BCUT2D eigenvalue weighted by molar-refractivity contribution is 7.92. The van der Waals surface area contributed by atoms with Crippen LogP contribution in [0.3, 0.4) is 0 Å². The first kappa shape index (κ1) is 16.3. The summed E-state index contributed by atoms with van der Waals surface area (Å²) in [4.78, 5) is 0. The van der Waals surface area contributed by atoms with Gasteiger partial charge in [-0.2, -0.15) is 0 Å². The molecule has 21 heavy (non-hydrogen) atoms. The van der Waals surface area contributed by atoms with Gasteiger partial charge < -0.3 is 10.1 Å². The molecular formula is C16H25NO3S. The van der Waals surface area contributed by atoms with Crippen molar-refractivity contribution in [2.75, 3.05) is 19.4 Å². The van der Waals surface area contributed by atoms with E-state index in [1.165, 1.54) is 0 Å². The monoisotopic (exact) mass is 311 g/mol. The maximum Gasteiger partial charge on any atom is 0.155 e. The van der Waals surface area contributed by atoms with E-state index in [9.17, 15) is 8.42 Å². The molecule has 0 saturated carbocycles. The van der Waals surface area contributed by atoms with Crippen LogP contribution in [0.25, 0.3) is 0 Å². The molecule has 0 aliphatic carbocycles. The van der Waals surface area contributed by atoms with E-state index >= 15 is 0 Å². The van der Waals surface area contributed by atoms with Crippen LogP contribution < -0.4 is 10.1 Å². The van der Waals surface area contributed by atoms with E-state index in [-0.39, 0.29) is 11.3 Å². The third-order valence-corrected chi connectivity index (χ3v) is 6.32. The Morgan fingerprint density at radius 2 is 2.10 bits per heavy atom. The van der Waals surface area contributed by atoms with Crippen LogP contribution in [0.5, 0.6) is 5.75 Å². The molecule has 118 valence electrons. The van der Waals surface area contributed by atoms with E-state index in [1.807, 2.05) is 31.3 Å². The number of sulfone groups is 1. The Labute approximate surface area is 127 Å². The molecule has 0 aromatic heterocycles. The molecular weight excluding hydrogens is 286 g/mol. The fourth-order valence-electron chi connectivity index (χ4n) is 2.98. The Bertz CT molecular complexity index is 556. The van der Waals surface area contributed by atoms with Crippen LogP contribution in [0, 0.1) is 0 Å². The fourth-order valence-corrected chi connectivity index (χ4v) is 5.11. The van der Waals surface area contributed by atoms with Crippen LogP contribution in [0.15, 0.2) is 24.3 Å². The summed E-state index contributed by atoms with van der Waals surface area (Å²) in [6.07, 6.45) is 3.40. The fraction of sp³-hybridized carbons (Fsp3) is 0.625. The number of nitrogens with one attached hydrogen (secondary N) is 1. The Kier molecular flexibility index (Phi) is 5.65. The zero-order chi connectivity index (χ0) is 15.3. The predicted octanol–water partition coefficient (Wildman–Crippen LogP) is 2.70. The molecule has 0 amide bonds. The first-order chi connectivity index (χ1) is 10.1. The summed E-state index contributed by atoms with van der Waals surface area (Å²) >= 11 is 0. The van der Waals surface area contributed by atoms with E-state index in [0.717, 1.165) is 37.0 Å². The standard InChI is InChI=1S/C16H25NO3S/c1-3-11-20-14-9-5-4-8-13(14)16(17-2)15-10-6-7-12-21(15,18)19/h4-5,8-9,15-17H,3,6-7,10-12H2,1-2H3. The molecule has 1 saturated heterocycles. The second-order valence-corrected chi connectivity index (χ2v) is 7.89. The van der Waals surface area contributed by atoms with Crippen LogP contribution in [-0.2, 0) is 9.84 Å². The van der Waals surface area contributed by atoms with Crippen LogP contribution in [0.4, 0.5) is 0 Å². The van der Waals surface area contributed by atoms with Gasteiger partial charge in [0.25, 0.3) is 0 Å². The largest absolute Gasteiger partial charge is 0.493 e. The van der Waals surface area contributed by atoms with Crippen LogP contribution in [0.2, 0.25) is 0 Å². The molecule has 1 aromatic carbocycles. The molecule has 2 rings (SSSR count). The Morgan fingerprint density at radius 3 is 2.76 bits per heavy atom. The van der Waals surface area contributed by atoms with Crippen LogP contribution >= 0.6 is 0 Å². The van der Waals surface area contributed by atoms with Gasteiger partial charge in [0, 0.05) is 5.56 Å². The van der Waals surface area contributed by atoms with E-state index in [4.69, 9.17) is 4.74 Å². The average Bonchev–Trinajstić information content (AvgIpc) is 2.48. The summed E-state index contributed by atoms with van der Waals surface area (Å²) in [6, 6.07) is 7.55. The van der Waals surface area contributed by atoms with Gasteiger partial charge in [0.05, 0.1) is 23.7 Å². The number of rotatable bonds is 6. The molecule has 1 N–H and O–H groups in total. The summed E-state index contributed by atoms with van der Waals surface area (Å²) in [6.45, 7) is 2.70. The Morgan fingerprint density at radius 1 is 1.33 bits per heavy atom. The summed E-state index contributed by atoms with van der Waals surface area (Å²) in [5, 5.41) is 2.84. The molecule has 1 aliphatic rings. The highest BCUT2D eigenvalue weighted by Crippen LogP contribution is 2.34. The normalized spacial score (nSPS) is 22.7. The molecule has 0 radical (unpaired) electrons.